The molecule has 0 saturated carbocycles. The molecule has 3 atom stereocenters. The van der Waals surface area contributed by atoms with Gasteiger partial charge in [-0.3, -0.25) is 9.97 Å². The number of benzene rings is 2. The van der Waals surface area contributed by atoms with Gasteiger partial charge in [0.15, 0.2) is 0 Å². The van der Waals surface area contributed by atoms with Gasteiger partial charge in [0.25, 0.3) is 0 Å². The zero-order chi connectivity index (χ0) is 47.3. The van der Waals surface area contributed by atoms with E-state index in [2.05, 4.69) is 110 Å². The summed E-state index contributed by atoms with van der Waals surface area (Å²) in [6.07, 6.45) is 23.5. The number of hydrogen-bond donors (Lipinski definition) is 2. The SMILES string of the molecule is CB(O)N1CCC(C2c3ccc(Cl)cc3C=C(CCCn3ccnc3C)c3cccnc32)CC1.CB(O)N1CCC(C2c3ccc(Cl)cc3CC(CCCn3ccnc3C)c3cccnc32)CC1. The second-order valence-electron chi connectivity index (χ2n) is 19.6. The van der Waals surface area contributed by atoms with Crippen molar-refractivity contribution in [2.75, 3.05) is 26.2 Å². The van der Waals surface area contributed by atoms with Gasteiger partial charge in [-0.2, -0.15) is 0 Å². The van der Waals surface area contributed by atoms with Crippen LogP contribution in [0.15, 0.2) is 97.8 Å². The molecule has 0 bridgehead atoms. The van der Waals surface area contributed by atoms with Gasteiger partial charge >= 0.3 is 14.1 Å². The molecule has 68 heavy (non-hydrogen) atoms. The summed E-state index contributed by atoms with van der Waals surface area (Å²) in [5, 5.41) is 21.7. The van der Waals surface area contributed by atoms with E-state index >= 15 is 0 Å². The molecule has 4 aliphatic rings. The van der Waals surface area contributed by atoms with Crippen LogP contribution in [-0.4, -0.2) is 89.0 Å². The van der Waals surface area contributed by atoms with E-state index < -0.39 is 0 Å². The van der Waals surface area contributed by atoms with Crippen molar-refractivity contribution in [2.24, 2.45) is 11.8 Å². The van der Waals surface area contributed by atoms with Crippen LogP contribution in [0.3, 0.4) is 0 Å². The lowest BCUT2D eigenvalue weighted by Gasteiger charge is -2.37. The lowest BCUT2D eigenvalue weighted by molar-refractivity contribution is 0.235. The lowest BCUT2D eigenvalue weighted by atomic mass is 9.73. The van der Waals surface area contributed by atoms with Crippen LogP contribution in [0.5, 0.6) is 0 Å². The van der Waals surface area contributed by atoms with Crippen molar-refractivity contribution in [3.8, 4) is 0 Å². The molecule has 10 rings (SSSR count). The van der Waals surface area contributed by atoms with Gasteiger partial charge in [-0.15, -0.1) is 0 Å². The summed E-state index contributed by atoms with van der Waals surface area (Å²) >= 11 is 13.0. The van der Waals surface area contributed by atoms with Crippen molar-refractivity contribution < 1.29 is 10.0 Å². The van der Waals surface area contributed by atoms with Gasteiger partial charge in [-0.05, 0) is 205 Å². The highest BCUT2D eigenvalue weighted by Crippen LogP contribution is 2.48. The van der Waals surface area contributed by atoms with Crippen LogP contribution in [0.2, 0.25) is 23.7 Å². The minimum atomic E-state index is -0.390. The predicted molar refractivity (Wildman–Crippen MR) is 278 cm³/mol. The first-order valence-electron chi connectivity index (χ1n) is 25.0. The molecule has 0 amide bonds. The number of hydrogen-bond acceptors (Lipinski definition) is 8. The van der Waals surface area contributed by atoms with E-state index in [1.54, 1.807) is 0 Å². The van der Waals surface area contributed by atoms with Crippen LogP contribution >= 0.6 is 23.2 Å². The molecule has 0 radical (unpaired) electrons. The molecule has 6 aromatic rings. The van der Waals surface area contributed by atoms with Crippen molar-refractivity contribution in [3.05, 3.63) is 164 Å². The Morgan fingerprint density at radius 1 is 0.632 bits per heavy atom. The highest BCUT2D eigenvalue weighted by atomic mass is 35.5. The Morgan fingerprint density at radius 2 is 1.19 bits per heavy atom. The molecule has 6 heterocycles. The molecule has 2 fully saturated rings. The molecule has 4 aromatic heterocycles. The van der Waals surface area contributed by atoms with Gasteiger partial charge in [-0.25, -0.2) is 9.97 Å². The molecule has 0 spiro atoms. The third-order valence-corrected chi connectivity index (χ3v) is 16.0. The van der Waals surface area contributed by atoms with E-state index in [1.807, 2.05) is 50.6 Å². The predicted octanol–water partition coefficient (Wildman–Crippen LogP) is 10.8. The summed E-state index contributed by atoms with van der Waals surface area (Å²) in [6, 6.07) is 21.5. The fourth-order valence-electron chi connectivity index (χ4n) is 11.8. The molecule has 2 N–H and O–H groups in total. The topological polar surface area (TPSA) is 108 Å². The van der Waals surface area contributed by atoms with E-state index in [1.165, 1.54) is 50.3 Å². The number of piperidine rings is 2. The lowest BCUT2D eigenvalue weighted by Crippen LogP contribution is -2.44. The summed E-state index contributed by atoms with van der Waals surface area (Å²) in [7, 11) is -0.769. The summed E-state index contributed by atoms with van der Waals surface area (Å²) in [6.45, 7) is 13.5. The van der Waals surface area contributed by atoms with Crippen LogP contribution in [0.1, 0.15) is 126 Å². The fourth-order valence-corrected chi connectivity index (χ4v) is 12.2. The average molecular weight is 952 g/mol. The third kappa shape index (κ3) is 10.9. The highest BCUT2D eigenvalue weighted by Gasteiger charge is 2.38. The molecule has 354 valence electrons. The molecule has 2 saturated heterocycles. The Balaban J connectivity index is 0.000000170. The highest BCUT2D eigenvalue weighted by molar-refractivity contribution is 6.45. The number of halogens is 2. The maximum atomic E-state index is 10.1. The Bertz CT molecular complexity index is 2640. The molecular weight excluding hydrogens is 885 g/mol. The van der Waals surface area contributed by atoms with Crippen LogP contribution in [0.25, 0.3) is 11.6 Å². The van der Waals surface area contributed by atoms with Gasteiger partial charge in [0.05, 0.1) is 11.4 Å². The van der Waals surface area contributed by atoms with E-state index in [9.17, 15) is 10.0 Å². The first kappa shape index (κ1) is 48.5. The van der Waals surface area contributed by atoms with E-state index in [0.717, 1.165) is 119 Å². The Kier molecular flexibility index (Phi) is 15.7. The number of aromatic nitrogens is 6. The molecule has 2 aromatic carbocycles. The van der Waals surface area contributed by atoms with Gasteiger partial charge < -0.3 is 28.8 Å². The fraction of sp³-hybridized carbons (Fsp3) is 0.444. The van der Waals surface area contributed by atoms with Gasteiger partial charge in [0.2, 0.25) is 0 Å². The molecule has 2 aliphatic heterocycles. The summed E-state index contributed by atoms with van der Waals surface area (Å²) in [4.78, 5) is 23.1. The van der Waals surface area contributed by atoms with Crippen LogP contribution in [0, 0.1) is 25.7 Å². The summed E-state index contributed by atoms with van der Waals surface area (Å²) < 4.78 is 4.45. The Labute approximate surface area is 414 Å². The summed E-state index contributed by atoms with van der Waals surface area (Å²) in [5.74, 6) is 4.04. The van der Waals surface area contributed by atoms with Gasteiger partial charge in [-0.1, -0.05) is 53.5 Å². The van der Waals surface area contributed by atoms with E-state index in [4.69, 9.17) is 33.2 Å². The zero-order valence-corrected chi connectivity index (χ0v) is 41.7. The molecule has 3 unspecified atom stereocenters. The normalized spacial score (nSPS) is 19.9. The van der Waals surface area contributed by atoms with Crippen molar-refractivity contribution >= 4 is 49.0 Å². The Hall–Kier alpha value is -4.55. The van der Waals surface area contributed by atoms with E-state index in [0.29, 0.717) is 17.8 Å². The monoisotopic (exact) mass is 950 g/mol. The summed E-state index contributed by atoms with van der Waals surface area (Å²) in [5.41, 5.74) is 11.7. The van der Waals surface area contributed by atoms with Crippen molar-refractivity contribution in [1.82, 2.24) is 38.7 Å². The zero-order valence-electron chi connectivity index (χ0n) is 40.2. The molecule has 14 heteroatoms. The first-order valence-corrected chi connectivity index (χ1v) is 25.8. The largest absolute Gasteiger partial charge is 0.437 e. The number of allylic oxidation sites excluding steroid dienone is 1. The quantitative estimate of drug-likeness (QED) is 0.117. The van der Waals surface area contributed by atoms with Gasteiger partial charge in [0.1, 0.15) is 11.6 Å². The first-order chi connectivity index (χ1) is 33.0. The number of imidazole rings is 2. The maximum absolute atomic E-state index is 10.1. The standard InChI is InChI=1S/C27H34BClN4O.C27H32BClN4O/c2*1-19-30-12-16-32(19)13-4-5-21-17-22-18-23(29)7-8-24(22)26(27-25(21)6-3-11-31-27)20-9-14-33(15-10-20)28(2)34/h3,6-8,11-12,16,18,20-21,26,34H,4-5,9-10,13-15,17H2,1-2H3;3,6-8,11-12,16-18,20,26,34H,4-5,9-10,13-15H2,1-2H3. The number of pyridine rings is 2. The number of fused-ring (bicyclic) bond motifs is 4. The molecule has 2 aliphatic carbocycles. The average Bonchev–Trinajstić information content (AvgIpc) is 3.88. The second-order valence-corrected chi connectivity index (χ2v) is 20.5. The number of nitrogens with zero attached hydrogens (tertiary/aromatic N) is 8. The minimum Gasteiger partial charge on any atom is -0.437 e. The number of rotatable bonds is 12. The van der Waals surface area contributed by atoms with Crippen molar-refractivity contribution in [2.45, 2.75) is 116 Å². The van der Waals surface area contributed by atoms with Crippen molar-refractivity contribution in [3.63, 3.8) is 0 Å². The van der Waals surface area contributed by atoms with Crippen LogP contribution < -0.4 is 0 Å². The number of aryl methyl sites for hydroxylation is 4. The second kappa shape index (κ2) is 22.0. The van der Waals surface area contributed by atoms with Crippen LogP contribution in [0.4, 0.5) is 0 Å². The third-order valence-electron chi connectivity index (χ3n) is 15.5. The molecular formula is C54H66B2Cl2N8O2. The van der Waals surface area contributed by atoms with E-state index in [-0.39, 0.29) is 25.9 Å². The Morgan fingerprint density at radius 3 is 1.79 bits per heavy atom. The van der Waals surface area contributed by atoms with Crippen LogP contribution in [-0.2, 0) is 19.5 Å². The molecule has 10 nitrogen and oxygen atoms in total. The minimum absolute atomic E-state index is 0.226. The smallest absolute Gasteiger partial charge is 0.376 e. The van der Waals surface area contributed by atoms with Gasteiger partial charge in [0, 0.05) is 72.2 Å². The van der Waals surface area contributed by atoms with Crippen molar-refractivity contribution in [1.29, 1.82) is 0 Å². The maximum Gasteiger partial charge on any atom is 0.376 e.